The highest BCUT2D eigenvalue weighted by Gasteiger charge is 2.19. The maximum atomic E-state index is 13.7. The lowest BCUT2D eigenvalue weighted by atomic mass is 9.86. The van der Waals surface area contributed by atoms with E-state index in [4.69, 9.17) is 16.3 Å². The van der Waals surface area contributed by atoms with Crippen LogP contribution in [-0.2, 0) is 21.2 Å². The van der Waals surface area contributed by atoms with E-state index in [1.807, 2.05) is 24.3 Å². The van der Waals surface area contributed by atoms with Crippen LogP contribution in [0.5, 0.6) is 5.75 Å². The minimum atomic E-state index is -3.73. The minimum absolute atomic E-state index is 0.0411. The van der Waals surface area contributed by atoms with Crippen molar-refractivity contribution in [3.8, 4) is 5.75 Å². The molecule has 0 saturated carbocycles. The van der Waals surface area contributed by atoms with Gasteiger partial charge in [-0.2, -0.15) is 0 Å². The molecule has 0 unspecified atom stereocenters. The Morgan fingerprint density at radius 3 is 2.46 bits per heavy atom. The maximum Gasteiger partial charge on any atom is 0.216 e. The number of ether oxygens (including phenoxy) is 1. The predicted octanol–water partition coefficient (Wildman–Crippen LogP) is 4.28. The molecule has 0 fully saturated rings. The molecule has 2 aromatic carbocycles. The van der Waals surface area contributed by atoms with Crippen molar-refractivity contribution in [2.45, 2.75) is 31.9 Å². The van der Waals surface area contributed by atoms with E-state index >= 15 is 0 Å². The van der Waals surface area contributed by atoms with E-state index in [9.17, 15) is 12.8 Å². The lowest BCUT2D eigenvalue weighted by Gasteiger charge is -2.22. The summed E-state index contributed by atoms with van der Waals surface area (Å²) in [6.45, 7) is 6.48. The molecule has 7 heteroatoms. The molecule has 0 atom stereocenters. The summed E-state index contributed by atoms with van der Waals surface area (Å²) in [5, 5.41) is 0.0886. The van der Waals surface area contributed by atoms with E-state index in [-0.39, 0.29) is 29.2 Å². The fraction of sp³-hybridized carbons (Fsp3) is 0.368. The Balaban J connectivity index is 1.94. The number of hydrogen-bond donors (Lipinski definition) is 1. The van der Waals surface area contributed by atoms with Crippen LogP contribution < -0.4 is 9.46 Å². The van der Waals surface area contributed by atoms with Crippen LogP contribution in [0, 0.1) is 5.82 Å². The molecule has 0 amide bonds. The van der Waals surface area contributed by atoms with Gasteiger partial charge in [-0.1, -0.05) is 56.6 Å². The standard InChI is InChI=1S/C19H23ClFNO3S/c1-19(2,3)15-7-4-5-10-18(15)25-12-11-22-26(23,24)13-14-16(20)8-6-9-17(14)21/h4-10,22H,11-13H2,1-3H3. The highest BCUT2D eigenvalue weighted by atomic mass is 35.5. The van der Waals surface area contributed by atoms with Crippen molar-refractivity contribution in [2.24, 2.45) is 0 Å². The molecular weight excluding hydrogens is 377 g/mol. The van der Waals surface area contributed by atoms with Crippen LogP contribution in [0.4, 0.5) is 4.39 Å². The molecule has 0 radical (unpaired) electrons. The van der Waals surface area contributed by atoms with Crippen molar-refractivity contribution in [3.63, 3.8) is 0 Å². The normalized spacial score (nSPS) is 12.2. The van der Waals surface area contributed by atoms with Gasteiger partial charge in [0.05, 0.1) is 5.75 Å². The van der Waals surface area contributed by atoms with E-state index in [0.717, 1.165) is 11.3 Å². The van der Waals surface area contributed by atoms with Crippen molar-refractivity contribution in [1.82, 2.24) is 4.72 Å². The summed E-state index contributed by atoms with van der Waals surface area (Å²) in [5.74, 6) is -0.438. The Kier molecular flexibility index (Phi) is 6.66. The molecule has 142 valence electrons. The molecule has 0 heterocycles. The first-order valence-corrected chi connectivity index (χ1v) is 10.3. The fourth-order valence-electron chi connectivity index (χ4n) is 2.48. The summed E-state index contributed by atoms with van der Waals surface area (Å²) in [5.41, 5.74) is 0.916. The Bertz CT molecular complexity index is 843. The zero-order valence-electron chi connectivity index (χ0n) is 15.1. The number of nitrogens with one attached hydrogen (secondary N) is 1. The van der Waals surface area contributed by atoms with Gasteiger partial charge in [-0.05, 0) is 29.2 Å². The average Bonchev–Trinajstić information content (AvgIpc) is 2.55. The highest BCUT2D eigenvalue weighted by molar-refractivity contribution is 7.88. The van der Waals surface area contributed by atoms with Crippen molar-refractivity contribution in [3.05, 3.63) is 64.4 Å². The largest absolute Gasteiger partial charge is 0.492 e. The third-order valence-corrected chi connectivity index (χ3v) is 5.44. The first-order chi connectivity index (χ1) is 12.1. The van der Waals surface area contributed by atoms with Gasteiger partial charge in [0.1, 0.15) is 18.2 Å². The van der Waals surface area contributed by atoms with Crippen molar-refractivity contribution in [1.29, 1.82) is 0 Å². The molecule has 2 aromatic rings. The molecule has 0 saturated heterocycles. The van der Waals surface area contributed by atoms with Crippen molar-refractivity contribution >= 4 is 21.6 Å². The SMILES string of the molecule is CC(C)(C)c1ccccc1OCCNS(=O)(=O)Cc1c(F)cccc1Cl. The quantitative estimate of drug-likeness (QED) is 0.707. The fourth-order valence-corrected chi connectivity index (χ4v) is 3.96. The van der Waals surface area contributed by atoms with Gasteiger partial charge in [0.25, 0.3) is 0 Å². The first-order valence-electron chi connectivity index (χ1n) is 8.23. The van der Waals surface area contributed by atoms with Gasteiger partial charge in [-0.25, -0.2) is 17.5 Å². The number of halogens is 2. The second-order valence-corrected chi connectivity index (χ2v) is 9.16. The molecule has 26 heavy (non-hydrogen) atoms. The van der Waals surface area contributed by atoms with Gasteiger partial charge in [-0.15, -0.1) is 0 Å². The lowest BCUT2D eigenvalue weighted by molar-refractivity contribution is 0.314. The van der Waals surface area contributed by atoms with E-state index in [2.05, 4.69) is 25.5 Å². The second kappa shape index (κ2) is 8.37. The van der Waals surface area contributed by atoms with Crippen LogP contribution in [0.1, 0.15) is 31.9 Å². The average molecular weight is 400 g/mol. The van der Waals surface area contributed by atoms with Gasteiger partial charge in [-0.3, -0.25) is 0 Å². The zero-order chi connectivity index (χ0) is 19.4. The lowest BCUT2D eigenvalue weighted by Crippen LogP contribution is -2.30. The summed E-state index contributed by atoms with van der Waals surface area (Å²) in [7, 11) is -3.73. The Morgan fingerprint density at radius 2 is 1.81 bits per heavy atom. The van der Waals surface area contributed by atoms with E-state index < -0.39 is 21.6 Å². The number of hydrogen-bond acceptors (Lipinski definition) is 3. The molecule has 0 aliphatic rings. The molecular formula is C19H23ClFNO3S. The third-order valence-electron chi connectivity index (χ3n) is 3.77. The second-order valence-electron chi connectivity index (χ2n) is 6.95. The van der Waals surface area contributed by atoms with Gasteiger partial charge >= 0.3 is 0 Å². The summed E-state index contributed by atoms with van der Waals surface area (Å²) < 4.78 is 46.2. The molecule has 4 nitrogen and oxygen atoms in total. The monoisotopic (exact) mass is 399 g/mol. The summed E-state index contributed by atoms with van der Waals surface area (Å²) in [6.07, 6.45) is 0. The summed E-state index contributed by atoms with van der Waals surface area (Å²) in [4.78, 5) is 0. The molecule has 0 aliphatic carbocycles. The third kappa shape index (κ3) is 5.69. The molecule has 1 N–H and O–H groups in total. The zero-order valence-corrected chi connectivity index (χ0v) is 16.6. The number of benzene rings is 2. The molecule has 0 spiro atoms. The number of rotatable bonds is 7. The van der Waals surface area contributed by atoms with E-state index in [0.29, 0.717) is 0 Å². The Morgan fingerprint density at radius 1 is 1.12 bits per heavy atom. The molecule has 2 rings (SSSR count). The van der Waals surface area contributed by atoms with Crippen LogP contribution >= 0.6 is 11.6 Å². The Labute approximate surface area is 159 Å². The van der Waals surface area contributed by atoms with Crippen molar-refractivity contribution < 1.29 is 17.5 Å². The molecule has 0 bridgehead atoms. The summed E-state index contributed by atoms with van der Waals surface area (Å²) >= 11 is 5.88. The van der Waals surface area contributed by atoms with Crippen molar-refractivity contribution in [2.75, 3.05) is 13.2 Å². The minimum Gasteiger partial charge on any atom is -0.492 e. The molecule has 0 aromatic heterocycles. The topological polar surface area (TPSA) is 55.4 Å². The molecule has 0 aliphatic heterocycles. The van der Waals surface area contributed by atoms with Gasteiger partial charge in [0, 0.05) is 17.1 Å². The van der Waals surface area contributed by atoms with Crippen LogP contribution in [0.25, 0.3) is 0 Å². The number of para-hydroxylation sites is 1. The van der Waals surface area contributed by atoms with Gasteiger partial charge in [0.2, 0.25) is 10.0 Å². The highest BCUT2D eigenvalue weighted by Crippen LogP contribution is 2.30. The number of sulfonamides is 1. The predicted molar refractivity (Wildman–Crippen MR) is 103 cm³/mol. The Hall–Kier alpha value is -1.63. The van der Waals surface area contributed by atoms with Crippen LogP contribution in [-0.4, -0.2) is 21.6 Å². The van der Waals surface area contributed by atoms with Crippen LogP contribution in [0.3, 0.4) is 0 Å². The van der Waals surface area contributed by atoms with E-state index in [1.165, 1.54) is 18.2 Å². The first kappa shape index (κ1) is 20.7. The van der Waals surface area contributed by atoms with E-state index in [1.54, 1.807) is 0 Å². The smallest absolute Gasteiger partial charge is 0.216 e. The van der Waals surface area contributed by atoms with Gasteiger partial charge in [0.15, 0.2) is 0 Å². The van der Waals surface area contributed by atoms with Gasteiger partial charge < -0.3 is 4.74 Å². The summed E-state index contributed by atoms with van der Waals surface area (Å²) in [6, 6.07) is 11.7. The maximum absolute atomic E-state index is 13.7. The van der Waals surface area contributed by atoms with Crippen LogP contribution in [0.2, 0.25) is 5.02 Å². The van der Waals surface area contributed by atoms with Crippen LogP contribution in [0.15, 0.2) is 42.5 Å².